The Balaban J connectivity index is 1.91. The number of hydrogen-bond donors (Lipinski definition) is 2. The molecule has 0 radical (unpaired) electrons. The van der Waals surface area contributed by atoms with Crippen LogP contribution in [-0.2, 0) is 4.79 Å². The van der Waals surface area contributed by atoms with E-state index >= 15 is 0 Å². The Morgan fingerprint density at radius 1 is 1.29 bits per heavy atom. The van der Waals surface area contributed by atoms with Crippen LogP contribution >= 0.6 is 0 Å². The number of carbonyl (C=O) groups is 1. The fraction of sp³-hybridized carbons (Fsp3) is 0.235. The van der Waals surface area contributed by atoms with Gasteiger partial charge < -0.3 is 15.3 Å². The highest BCUT2D eigenvalue weighted by Crippen LogP contribution is 2.33. The van der Waals surface area contributed by atoms with Crippen LogP contribution in [0.25, 0.3) is 0 Å². The number of fused-ring (bicyclic) bond motifs is 1. The van der Waals surface area contributed by atoms with Crippen molar-refractivity contribution in [1.29, 1.82) is 0 Å². The predicted octanol–water partition coefficient (Wildman–Crippen LogP) is 2.95. The number of phenolic OH excluding ortho intramolecular Hbond substituents is 1. The van der Waals surface area contributed by atoms with Gasteiger partial charge in [-0.3, -0.25) is 4.79 Å². The van der Waals surface area contributed by atoms with E-state index in [-0.39, 0.29) is 17.6 Å². The molecule has 1 aliphatic heterocycles. The number of anilines is 2. The van der Waals surface area contributed by atoms with Crippen molar-refractivity contribution in [2.75, 3.05) is 23.3 Å². The SMILES string of the molecule is CCN(C(=O)C1CNc2ccccc21)c1cccc(O)c1. The zero-order valence-corrected chi connectivity index (χ0v) is 11.9. The van der Waals surface area contributed by atoms with Gasteiger partial charge in [0.2, 0.25) is 5.91 Å². The van der Waals surface area contributed by atoms with Crippen molar-refractivity contribution in [2.24, 2.45) is 0 Å². The van der Waals surface area contributed by atoms with Crippen LogP contribution in [0.1, 0.15) is 18.4 Å². The van der Waals surface area contributed by atoms with Gasteiger partial charge >= 0.3 is 0 Å². The second-order valence-electron chi connectivity index (χ2n) is 5.12. The molecular formula is C17H18N2O2. The van der Waals surface area contributed by atoms with E-state index < -0.39 is 0 Å². The molecule has 0 bridgehead atoms. The summed E-state index contributed by atoms with van der Waals surface area (Å²) in [5.74, 6) is 0.0488. The predicted molar refractivity (Wildman–Crippen MR) is 83.8 cm³/mol. The van der Waals surface area contributed by atoms with E-state index in [1.54, 1.807) is 23.1 Å². The summed E-state index contributed by atoms with van der Waals surface area (Å²) in [6.45, 7) is 3.13. The lowest BCUT2D eigenvalue weighted by Gasteiger charge is -2.24. The second-order valence-corrected chi connectivity index (χ2v) is 5.12. The van der Waals surface area contributed by atoms with Gasteiger partial charge in [-0.2, -0.15) is 0 Å². The molecule has 0 saturated heterocycles. The minimum Gasteiger partial charge on any atom is -0.508 e. The maximum atomic E-state index is 12.9. The summed E-state index contributed by atoms with van der Waals surface area (Å²) >= 11 is 0. The Kier molecular flexibility index (Phi) is 3.52. The molecule has 4 nitrogen and oxygen atoms in total. The number of amides is 1. The third kappa shape index (κ3) is 2.44. The Morgan fingerprint density at radius 3 is 2.86 bits per heavy atom. The molecule has 0 fully saturated rings. The fourth-order valence-corrected chi connectivity index (χ4v) is 2.82. The van der Waals surface area contributed by atoms with Crippen LogP contribution in [0, 0.1) is 0 Å². The van der Waals surface area contributed by atoms with Gasteiger partial charge in [-0.05, 0) is 30.7 Å². The molecule has 1 unspecified atom stereocenters. The van der Waals surface area contributed by atoms with Gasteiger partial charge in [0.05, 0.1) is 5.92 Å². The van der Waals surface area contributed by atoms with Gasteiger partial charge in [-0.25, -0.2) is 0 Å². The number of phenols is 1. The molecule has 0 spiro atoms. The van der Waals surface area contributed by atoms with Crippen LogP contribution in [0.5, 0.6) is 5.75 Å². The monoisotopic (exact) mass is 282 g/mol. The number of aromatic hydroxyl groups is 1. The molecule has 0 saturated carbocycles. The Hall–Kier alpha value is -2.49. The van der Waals surface area contributed by atoms with Crippen molar-refractivity contribution in [3.63, 3.8) is 0 Å². The van der Waals surface area contributed by atoms with Crippen molar-refractivity contribution < 1.29 is 9.90 Å². The van der Waals surface area contributed by atoms with E-state index in [0.717, 1.165) is 16.9 Å². The highest BCUT2D eigenvalue weighted by molar-refractivity contribution is 6.00. The summed E-state index contributed by atoms with van der Waals surface area (Å²) in [5, 5.41) is 12.9. The zero-order chi connectivity index (χ0) is 14.8. The van der Waals surface area contributed by atoms with E-state index in [4.69, 9.17) is 0 Å². The summed E-state index contributed by atoms with van der Waals surface area (Å²) in [6.07, 6.45) is 0. The van der Waals surface area contributed by atoms with Gasteiger partial charge in [0.15, 0.2) is 0 Å². The first kappa shape index (κ1) is 13.5. The minimum absolute atomic E-state index is 0.0561. The van der Waals surface area contributed by atoms with Gasteiger partial charge in [-0.1, -0.05) is 24.3 Å². The highest BCUT2D eigenvalue weighted by Gasteiger charge is 2.31. The van der Waals surface area contributed by atoms with Crippen molar-refractivity contribution >= 4 is 17.3 Å². The van der Waals surface area contributed by atoms with E-state index in [9.17, 15) is 9.90 Å². The lowest BCUT2D eigenvalue weighted by molar-refractivity contribution is -0.119. The Labute approximate surface area is 124 Å². The standard InChI is InChI=1S/C17H18N2O2/c1-2-19(12-6-5-7-13(20)10-12)17(21)15-11-18-16-9-4-3-8-14(15)16/h3-10,15,18,20H,2,11H2,1H3. The summed E-state index contributed by atoms with van der Waals surface area (Å²) in [5.41, 5.74) is 2.80. The number of nitrogens with zero attached hydrogens (tertiary/aromatic N) is 1. The topological polar surface area (TPSA) is 52.6 Å². The number of carbonyl (C=O) groups excluding carboxylic acids is 1. The maximum absolute atomic E-state index is 12.9. The van der Waals surface area contributed by atoms with Gasteiger partial charge in [0, 0.05) is 30.5 Å². The van der Waals surface area contributed by atoms with Crippen molar-refractivity contribution in [3.8, 4) is 5.75 Å². The third-order valence-corrected chi connectivity index (χ3v) is 3.85. The molecule has 21 heavy (non-hydrogen) atoms. The van der Waals surface area contributed by atoms with Crippen LogP contribution in [-0.4, -0.2) is 24.1 Å². The van der Waals surface area contributed by atoms with Gasteiger partial charge in [0.1, 0.15) is 5.75 Å². The molecule has 0 aromatic heterocycles. The summed E-state index contributed by atoms with van der Waals surface area (Å²) in [4.78, 5) is 14.6. The van der Waals surface area contributed by atoms with Crippen molar-refractivity contribution in [3.05, 3.63) is 54.1 Å². The number of likely N-dealkylation sites (N-methyl/N-ethyl adjacent to an activating group) is 1. The first-order valence-electron chi connectivity index (χ1n) is 7.14. The van der Waals surface area contributed by atoms with Gasteiger partial charge in [0.25, 0.3) is 0 Å². The molecule has 2 aromatic carbocycles. The van der Waals surface area contributed by atoms with E-state index in [1.165, 1.54) is 0 Å². The van der Waals surface area contributed by atoms with Crippen molar-refractivity contribution in [1.82, 2.24) is 0 Å². The smallest absolute Gasteiger partial charge is 0.236 e. The average molecular weight is 282 g/mol. The number of para-hydroxylation sites is 1. The highest BCUT2D eigenvalue weighted by atomic mass is 16.3. The van der Waals surface area contributed by atoms with Crippen LogP contribution in [0.2, 0.25) is 0 Å². The van der Waals surface area contributed by atoms with E-state index in [0.29, 0.717) is 13.1 Å². The lowest BCUT2D eigenvalue weighted by atomic mass is 9.99. The van der Waals surface area contributed by atoms with E-state index in [2.05, 4.69) is 5.32 Å². The molecule has 1 amide bonds. The van der Waals surface area contributed by atoms with Crippen LogP contribution in [0.15, 0.2) is 48.5 Å². The Morgan fingerprint density at radius 2 is 2.10 bits per heavy atom. The zero-order valence-electron chi connectivity index (χ0n) is 11.9. The molecule has 1 aliphatic rings. The normalized spacial score (nSPS) is 16.1. The molecule has 4 heteroatoms. The Bertz CT molecular complexity index is 669. The molecule has 1 atom stereocenters. The number of nitrogens with one attached hydrogen (secondary N) is 1. The average Bonchev–Trinajstić information content (AvgIpc) is 2.92. The molecule has 0 aliphatic carbocycles. The summed E-state index contributed by atoms with van der Waals surface area (Å²) in [7, 11) is 0. The molecule has 3 rings (SSSR count). The number of hydrogen-bond acceptors (Lipinski definition) is 3. The summed E-state index contributed by atoms with van der Waals surface area (Å²) < 4.78 is 0. The summed E-state index contributed by atoms with van der Waals surface area (Å²) in [6, 6.07) is 14.7. The molecular weight excluding hydrogens is 264 g/mol. The van der Waals surface area contributed by atoms with Crippen LogP contribution < -0.4 is 10.2 Å². The second kappa shape index (κ2) is 5.48. The minimum atomic E-state index is -0.177. The molecule has 108 valence electrons. The number of benzene rings is 2. The first-order chi connectivity index (χ1) is 10.2. The maximum Gasteiger partial charge on any atom is 0.236 e. The van der Waals surface area contributed by atoms with Gasteiger partial charge in [-0.15, -0.1) is 0 Å². The molecule has 2 N–H and O–H groups in total. The van der Waals surface area contributed by atoms with Crippen LogP contribution in [0.3, 0.4) is 0 Å². The first-order valence-corrected chi connectivity index (χ1v) is 7.14. The molecule has 1 heterocycles. The number of rotatable bonds is 3. The quantitative estimate of drug-likeness (QED) is 0.910. The third-order valence-electron chi connectivity index (χ3n) is 3.85. The largest absolute Gasteiger partial charge is 0.508 e. The lowest BCUT2D eigenvalue weighted by Crippen LogP contribution is -2.35. The van der Waals surface area contributed by atoms with Crippen molar-refractivity contribution in [2.45, 2.75) is 12.8 Å². The van der Waals surface area contributed by atoms with Crippen LogP contribution in [0.4, 0.5) is 11.4 Å². The fourth-order valence-electron chi connectivity index (χ4n) is 2.82. The molecule has 2 aromatic rings. The van der Waals surface area contributed by atoms with E-state index in [1.807, 2.05) is 37.3 Å².